The van der Waals surface area contributed by atoms with E-state index in [1.54, 1.807) is 0 Å². The summed E-state index contributed by atoms with van der Waals surface area (Å²) in [4.78, 5) is 8.43. The standard InChI is InChI=1S/C9H11ClN2/c1-2-7-6-4-3-5-8(6)12-9(10)11-7/h2-5H2,1H3. The van der Waals surface area contributed by atoms with Gasteiger partial charge in [0.25, 0.3) is 0 Å². The quantitative estimate of drug-likeness (QED) is 0.623. The first kappa shape index (κ1) is 7.99. The maximum Gasteiger partial charge on any atom is 0.222 e. The molecule has 0 saturated carbocycles. The highest BCUT2D eigenvalue weighted by molar-refractivity contribution is 6.28. The third kappa shape index (κ3) is 1.20. The Bertz CT molecular complexity index is 310. The van der Waals surface area contributed by atoms with Gasteiger partial charge in [-0.2, -0.15) is 0 Å². The molecule has 1 heterocycles. The van der Waals surface area contributed by atoms with Crippen molar-refractivity contribution >= 4 is 11.6 Å². The summed E-state index contributed by atoms with van der Waals surface area (Å²) in [5, 5.41) is 0.410. The average molecular weight is 183 g/mol. The van der Waals surface area contributed by atoms with Crippen LogP contribution in [0.4, 0.5) is 0 Å². The van der Waals surface area contributed by atoms with Gasteiger partial charge in [0.05, 0.1) is 0 Å². The van der Waals surface area contributed by atoms with Crippen LogP contribution in [0, 0.1) is 0 Å². The largest absolute Gasteiger partial charge is 0.223 e. The van der Waals surface area contributed by atoms with Gasteiger partial charge in [0.1, 0.15) is 0 Å². The Balaban J connectivity index is 2.55. The molecular formula is C9H11ClN2. The van der Waals surface area contributed by atoms with Crippen molar-refractivity contribution in [2.45, 2.75) is 32.6 Å². The topological polar surface area (TPSA) is 25.8 Å². The van der Waals surface area contributed by atoms with E-state index >= 15 is 0 Å². The van der Waals surface area contributed by atoms with Crippen molar-refractivity contribution in [2.75, 3.05) is 0 Å². The van der Waals surface area contributed by atoms with Gasteiger partial charge in [0.15, 0.2) is 0 Å². The van der Waals surface area contributed by atoms with Crippen molar-refractivity contribution in [1.82, 2.24) is 9.97 Å². The van der Waals surface area contributed by atoms with E-state index in [-0.39, 0.29) is 0 Å². The molecule has 12 heavy (non-hydrogen) atoms. The number of nitrogens with zero attached hydrogens (tertiary/aromatic N) is 2. The summed E-state index contributed by atoms with van der Waals surface area (Å²) in [5.74, 6) is 0. The zero-order valence-corrected chi connectivity index (χ0v) is 7.86. The number of aromatic nitrogens is 2. The summed E-state index contributed by atoms with van der Waals surface area (Å²) in [6.45, 7) is 2.11. The first-order chi connectivity index (χ1) is 5.81. The van der Waals surface area contributed by atoms with Crippen LogP contribution in [0.15, 0.2) is 0 Å². The van der Waals surface area contributed by atoms with E-state index in [0.717, 1.165) is 25.0 Å². The van der Waals surface area contributed by atoms with E-state index in [0.29, 0.717) is 5.28 Å². The molecule has 0 amide bonds. The first-order valence-electron chi connectivity index (χ1n) is 4.35. The number of hydrogen-bond acceptors (Lipinski definition) is 2. The summed E-state index contributed by atoms with van der Waals surface area (Å²) in [6, 6.07) is 0. The zero-order chi connectivity index (χ0) is 8.55. The molecule has 0 spiro atoms. The second-order valence-corrected chi connectivity index (χ2v) is 3.41. The second kappa shape index (κ2) is 3.02. The predicted molar refractivity (Wildman–Crippen MR) is 48.4 cm³/mol. The number of aryl methyl sites for hydroxylation is 2. The Morgan fingerprint density at radius 3 is 2.92 bits per heavy atom. The molecule has 1 aromatic rings. The second-order valence-electron chi connectivity index (χ2n) is 3.07. The van der Waals surface area contributed by atoms with Crippen LogP contribution < -0.4 is 0 Å². The number of halogens is 1. The fourth-order valence-electron chi connectivity index (χ4n) is 1.77. The third-order valence-corrected chi connectivity index (χ3v) is 2.50. The van der Waals surface area contributed by atoms with Crippen molar-refractivity contribution < 1.29 is 0 Å². The molecule has 0 bridgehead atoms. The Kier molecular flexibility index (Phi) is 2.01. The van der Waals surface area contributed by atoms with Crippen molar-refractivity contribution in [2.24, 2.45) is 0 Å². The van der Waals surface area contributed by atoms with Crippen LogP contribution in [0.1, 0.15) is 30.3 Å². The summed E-state index contributed by atoms with van der Waals surface area (Å²) in [7, 11) is 0. The Labute approximate surface area is 77.0 Å². The molecule has 0 radical (unpaired) electrons. The van der Waals surface area contributed by atoms with Gasteiger partial charge in [0.2, 0.25) is 5.28 Å². The van der Waals surface area contributed by atoms with Crippen LogP contribution in [0.3, 0.4) is 0 Å². The Morgan fingerprint density at radius 2 is 2.17 bits per heavy atom. The van der Waals surface area contributed by atoms with Crippen LogP contribution in [0.25, 0.3) is 0 Å². The minimum Gasteiger partial charge on any atom is -0.223 e. The van der Waals surface area contributed by atoms with Gasteiger partial charge in [-0.3, -0.25) is 0 Å². The summed E-state index contributed by atoms with van der Waals surface area (Å²) < 4.78 is 0. The molecule has 0 fully saturated rings. The molecule has 0 unspecified atom stereocenters. The first-order valence-corrected chi connectivity index (χ1v) is 4.73. The highest BCUT2D eigenvalue weighted by atomic mass is 35.5. The molecule has 0 aromatic carbocycles. The number of hydrogen-bond donors (Lipinski definition) is 0. The van der Waals surface area contributed by atoms with Crippen molar-refractivity contribution in [3.63, 3.8) is 0 Å². The zero-order valence-electron chi connectivity index (χ0n) is 7.10. The Hall–Kier alpha value is -0.630. The fraction of sp³-hybridized carbons (Fsp3) is 0.556. The van der Waals surface area contributed by atoms with Crippen LogP contribution in [0.5, 0.6) is 0 Å². The van der Waals surface area contributed by atoms with Gasteiger partial charge in [0, 0.05) is 11.4 Å². The molecule has 0 saturated heterocycles. The van der Waals surface area contributed by atoms with Gasteiger partial charge >= 0.3 is 0 Å². The molecule has 3 heteroatoms. The van der Waals surface area contributed by atoms with Gasteiger partial charge in [-0.15, -0.1) is 0 Å². The predicted octanol–water partition coefficient (Wildman–Crippen LogP) is 2.18. The summed E-state index contributed by atoms with van der Waals surface area (Å²) in [5.41, 5.74) is 3.66. The minimum atomic E-state index is 0.410. The van der Waals surface area contributed by atoms with Crippen LogP contribution >= 0.6 is 11.6 Å². The third-order valence-electron chi connectivity index (χ3n) is 2.33. The van der Waals surface area contributed by atoms with E-state index in [1.165, 1.54) is 17.7 Å². The van der Waals surface area contributed by atoms with Crippen molar-refractivity contribution in [3.8, 4) is 0 Å². The maximum absolute atomic E-state index is 5.79. The Morgan fingerprint density at radius 1 is 1.33 bits per heavy atom. The summed E-state index contributed by atoms with van der Waals surface area (Å²) in [6.07, 6.45) is 4.38. The molecule has 2 rings (SSSR count). The average Bonchev–Trinajstić information content (AvgIpc) is 2.50. The van der Waals surface area contributed by atoms with Gasteiger partial charge in [-0.25, -0.2) is 9.97 Å². The fourth-order valence-corrected chi connectivity index (χ4v) is 1.97. The lowest BCUT2D eigenvalue weighted by atomic mass is 10.1. The molecule has 64 valence electrons. The van der Waals surface area contributed by atoms with Crippen LogP contribution in [-0.2, 0) is 19.3 Å². The van der Waals surface area contributed by atoms with Gasteiger partial charge in [-0.05, 0) is 42.8 Å². The smallest absolute Gasteiger partial charge is 0.222 e. The van der Waals surface area contributed by atoms with Crippen LogP contribution in [0.2, 0.25) is 5.28 Å². The van der Waals surface area contributed by atoms with Crippen LogP contribution in [-0.4, -0.2) is 9.97 Å². The number of rotatable bonds is 1. The summed E-state index contributed by atoms with van der Waals surface area (Å²) >= 11 is 5.79. The molecular weight excluding hydrogens is 172 g/mol. The minimum absolute atomic E-state index is 0.410. The van der Waals surface area contributed by atoms with E-state index < -0.39 is 0 Å². The monoisotopic (exact) mass is 182 g/mol. The molecule has 0 N–H and O–H groups in total. The lowest BCUT2D eigenvalue weighted by Gasteiger charge is -2.04. The molecule has 1 aliphatic carbocycles. The lowest BCUT2D eigenvalue weighted by molar-refractivity contribution is 0.895. The van der Waals surface area contributed by atoms with E-state index in [1.807, 2.05) is 0 Å². The lowest BCUT2D eigenvalue weighted by Crippen LogP contribution is -1.99. The molecule has 0 atom stereocenters. The van der Waals surface area contributed by atoms with E-state index in [2.05, 4.69) is 16.9 Å². The normalized spacial score (nSPS) is 14.8. The molecule has 1 aromatic heterocycles. The van der Waals surface area contributed by atoms with Crippen molar-refractivity contribution in [1.29, 1.82) is 0 Å². The van der Waals surface area contributed by atoms with E-state index in [4.69, 9.17) is 11.6 Å². The van der Waals surface area contributed by atoms with Crippen molar-refractivity contribution in [3.05, 3.63) is 22.2 Å². The van der Waals surface area contributed by atoms with Gasteiger partial charge < -0.3 is 0 Å². The highest BCUT2D eigenvalue weighted by Gasteiger charge is 2.17. The van der Waals surface area contributed by atoms with E-state index in [9.17, 15) is 0 Å². The SMILES string of the molecule is CCc1nc(Cl)nc2c1CCC2. The highest BCUT2D eigenvalue weighted by Crippen LogP contribution is 2.24. The molecule has 1 aliphatic rings. The van der Waals surface area contributed by atoms with Gasteiger partial charge in [-0.1, -0.05) is 6.92 Å². The molecule has 2 nitrogen and oxygen atoms in total. The maximum atomic E-state index is 5.79. The molecule has 0 aliphatic heterocycles. The number of fused-ring (bicyclic) bond motifs is 1.